The van der Waals surface area contributed by atoms with Crippen LogP contribution in [0.2, 0.25) is 0 Å². The highest BCUT2D eigenvalue weighted by Gasteiger charge is 2.17. The van der Waals surface area contributed by atoms with Gasteiger partial charge in [-0.2, -0.15) is 0 Å². The van der Waals surface area contributed by atoms with Gasteiger partial charge >= 0.3 is 5.97 Å². The molecule has 0 heterocycles. The number of nitrogens with two attached hydrogens (primary N) is 1. The molecule has 0 bridgehead atoms. The predicted molar refractivity (Wildman–Crippen MR) is 63.9 cm³/mol. The van der Waals surface area contributed by atoms with Crippen LogP contribution in [0.3, 0.4) is 0 Å². The SMILES string of the molecule is CCOC(=O)C(CN)CCc1ccccc1. The number of hydrogen-bond donors (Lipinski definition) is 1. The summed E-state index contributed by atoms with van der Waals surface area (Å²) in [5, 5.41) is 0. The van der Waals surface area contributed by atoms with Crippen molar-refractivity contribution in [2.24, 2.45) is 11.7 Å². The first kappa shape index (κ1) is 12.7. The zero-order chi connectivity index (χ0) is 11.8. The highest BCUT2D eigenvalue weighted by atomic mass is 16.5. The first-order chi connectivity index (χ1) is 7.77. The van der Waals surface area contributed by atoms with Gasteiger partial charge < -0.3 is 10.5 Å². The minimum atomic E-state index is -0.180. The van der Waals surface area contributed by atoms with Crippen molar-refractivity contribution in [1.82, 2.24) is 0 Å². The van der Waals surface area contributed by atoms with E-state index < -0.39 is 0 Å². The fraction of sp³-hybridized carbons (Fsp3) is 0.462. The standard InChI is InChI=1S/C13H19NO2/c1-2-16-13(15)12(10-14)9-8-11-6-4-3-5-7-11/h3-7,12H,2,8-10,14H2,1H3. The first-order valence-corrected chi connectivity index (χ1v) is 5.68. The van der Waals surface area contributed by atoms with E-state index in [1.165, 1.54) is 5.56 Å². The summed E-state index contributed by atoms with van der Waals surface area (Å²) in [5.74, 6) is -0.360. The summed E-state index contributed by atoms with van der Waals surface area (Å²) in [4.78, 5) is 11.5. The Kier molecular flexibility index (Phi) is 5.57. The van der Waals surface area contributed by atoms with Gasteiger partial charge in [0.2, 0.25) is 0 Å². The average Bonchev–Trinajstić information content (AvgIpc) is 2.31. The number of aryl methyl sites for hydroxylation is 1. The number of rotatable bonds is 6. The van der Waals surface area contributed by atoms with E-state index in [1.54, 1.807) is 0 Å². The smallest absolute Gasteiger partial charge is 0.310 e. The molecular weight excluding hydrogens is 202 g/mol. The molecule has 0 spiro atoms. The predicted octanol–water partition coefficient (Wildman–Crippen LogP) is 1.76. The number of carbonyl (C=O) groups is 1. The molecule has 0 aliphatic carbocycles. The van der Waals surface area contributed by atoms with E-state index in [9.17, 15) is 4.79 Å². The lowest BCUT2D eigenvalue weighted by Crippen LogP contribution is -2.26. The lowest BCUT2D eigenvalue weighted by atomic mass is 10.00. The van der Waals surface area contributed by atoms with Gasteiger partial charge in [-0.1, -0.05) is 30.3 Å². The minimum Gasteiger partial charge on any atom is -0.466 e. The molecule has 1 rings (SSSR count). The van der Waals surface area contributed by atoms with Crippen LogP contribution in [-0.2, 0) is 16.0 Å². The van der Waals surface area contributed by atoms with Crippen molar-refractivity contribution in [1.29, 1.82) is 0 Å². The second-order valence-electron chi connectivity index (χ2n) is 3.71. The molecule has 0 aliphatic rings. The van der Waals surface area contributed by atoms with Gasteiger partial charge in [0.15, 0.2) is 0 Å². The molecule has 0 amide bonds. The molecule has 16 heavy (non-hydrogen) atoms. The van der Waals surface area contributed by atoms with Crippen molar-refractivity contribution < 1.29 is 9.53 Å². The molecule has 1 unspecified atom stereocenters. The van der Waals surface area contributed by atoms with E-state index in [0.29, 0.717) is 13.2 Å². The fourth-order valence-electron chi connectivity index (χ4n) is 1.58. The third-order valence-electron chi connectivity index (χ3n) is 2.53. The van der Waals surface area contributed by atoms with Crippen molar-refractivity contribution in [2.75, 3.05) is 13.2 Å². The Hall–Kier alpha value is -1.35. The van der Waals surface area contributed by atoms with Gasteiger partial charge in [-0.25, -0.2) is 0 Å². The molecule has 0 aliphatic heterocycles. The van der Waals surface area contributed by atoms with Crippen molar-refractivity contribution >= 4 is 5.97 Å². The van der Waals surface area contributed by atoms with Gasteiger partial charge in [-0.3, -0.25) is 4.79 Å². The van der Waals surface area contributed by atoms with Crippen molar-refractivity contribution in [2.45, 2.75) is 19.8 Å². The molecule has 2 N–H and O–H groups in total. The molecule has 3 heteroatoms. The summed E-state index contributed by atoms with van der Waals surface area (Å²) in [6, 6.07) is 10.1. The molecule has 0 saturated heterocycles. The second kappa shape index (κ2) is 7.01. The molecule has 0 radical (unpaired) electrons. The van der Waals surface area contributed by atoms with Crippen LogP contribution in [0.25, 0.3) is 0 Å². The summed E-state index contributed by atoms with van der Waals surface area (Å²) in [5.41, 5.74) is 6.79. The van der Waals surface area contributed by atoms with Crippen LogP contribution in [-0.4, -0.2) is 19.1 Å². The highest BCUT2D eigenvalue weighted by Crippen LogP contribution is 2.10. The zero-order valence-corrected chi connectivity index (χ0v) is 9.69. The van der Waals surface area contributed by atoms with Crippen LogP contribution >= 0.6 is 0 Å². The van der Waals surface area contributed by atoms with Gasteiger partial charge in [-0.05, 0) is 25.3 Å². The normalized spacial score (nSPS) is 12.1. The molecule has 0 saturated carbocycles. The summed E-state index contributed by atoms with van der Waals surface area (Å²) in [6.45, 7) is 2.58. The van der Waals surface area contributed by atoms with Crippen molar-refractivity contribution in [3.05, 3.63) is 35.9 Å². The lowest BCUT2D eigenvalue weighted by molar-refractivity contribution is -0.147. The summed E-state index contributed by atoms with van der Waals surface area (Å²) < 4.78 is 4.96. The third kappa shape index (κ3) is 4.03. The second-order valence-corrected chi connectivity index (χ2v) is 3.71. The van der Waals surface area contributed by atoms with Crippen LogP contribution in [0.4, 0.5) is 0 Å². The van der Waals surface area contributed by atoms with Crippen LogP contribution in [0, 0.1) is 5.92 Å². The van der Waals surface area contributed by atoms with Crippen LogP contribution < -0.4 is 5.73 Å². The Morgan fingerprint density at radius 1 is 1.38 bits per heavy atom. The maximum Gasteiger partial charge on any atom is 0.310 e. The summed E-state index contributed by atoms with van der Waals surface area (Å²) >= 11 is 0. The highest BCUT2D eigenvalue weighted by molar-refractivity contribution is 5.72. The fourth-order valence-corrected chi connectivity index (χ4v) is 1.58. The van der Waals surface area contributed by atoms with Crippen LogP contribution in [0.15, 0.2) is 30.3 Å². The molecular formula is C13H19NO2. The molecule has 3 nitrogen and oxygen atoms in total. The Labute approximate surface area is 96.6 Å². The lowest BCUT2D eigenvalue weighted by Gasteiger charge is -2.12. The van der Waals surface area contributed by atoms with E-state index in [0.717, 1.165) is 12.8 Å². The Bertz CT molecular complexity index is 311. The molecule has 88 valence electrons. The first-order valence-electron chi connectivity index (χ1n) is 5.68. The summed E-state index contributed by atoms with van der Waals surface area (Å²) in [7, 11) is 0. The van der Waals surface area contributed by atoms with E-state index in [4.69, 9.17) is 10.5 Å². The van der Waals surface area contributed by atoms with Crippen LogP contribution in [0.1, 0.15) is 18.9 Å². The zero-order valence-electron chi connectivity index (χ0n) is 9.69. The molecule has 1 aromatic carbocycles. The van der Waals surface area contributed by atoms with Crippen molar-refractivity contribution in [3.8, 4) is 0 Å². The van der Waals surface area contributed by atoms with E-state index in [1.807, 2.05) is 25.1 Å². The Morgan fingerprint density at radius 3 is 2.62 bits per heavy atom. The van der Waals surface area contributed by atoms with Crippen LogP contribution in [0.5, 0.6) is 0 Å². The van der Waals surface area contributed by atoms with E-state index >= 15 is 0 Å². The van der Waals surface area contributed by atoms with Crippen molar-refractivity contribution in [3.63, 3.8) is 0 Å². The largest absolute Gasteiger partial charge is 0.466 e. The van der Waals surface area contributed by atoms with E-state index in [-0.39, 0.29) is 11.9 Å². The third-order valence-corrected chi connectivity index (χ3v) is 2.53. The number of ether oxygens (including phenoxy) is 1. The number of esters is 1. The number of hydrogen-bond acceptors (Lipinski definition) is 3. The summed E-state index contributed by atoms with van der Waals surface area (Å²) in [6.07, 6.45) is 1.61. The average molecular weight is 221 g/mol. The molecule has 1 aromatic rings. The Morgan fingerprint density at radius 2 is 2.06 bits per heavy atom. The number of carbonyl (C=O) groups excluding carboxylic acids is 1. The van der Waals surface area contributed by atoms with E-state index in [2.05, 4.69) is 12.1 Å². The molecule has 0 fully saturated rings. The van der Waals surface area contributed by atoms with Gasteiger partial charge in [-0.15, -0.1) is 0 Å². The van der Waals surface area contributed by atoms with Gasteiger partial charge in [0, 0.05) is 6.54 Å². The maximum absolute atomic E-state index is 11.5. The molecule has 0 aromatic heterocycles. The van der Waals surface area contributed by atoms with Gasteiger partial charge in [0.05, 0.1) is 12.5 Å². The minimum absolute atomic E-state index is 0.180. The molecule has 1 atom stereocenters. The topological polar surface area (TPSA) is 52.3 Å². The van der Waals surface area contributed by atoms with Gasteiger partial charge in [0.1, 0.15) is 0 Å². The monoisotopic (exact) mass is 221 g/mol. The van der Waals surface area contributed by atoms with Gasteiger partial charge in [0.25, 0.3) is 0 Å². The number of benzene rings is 1. The Balaban J connectivity index is 2.43. The quantitative estimate of drug-likeness (QED) is 0.745. The maximum atomic E-state index is 11.5.